The van der Waals surface area contributed by atoms with Gasteiger partial charge < -0.3 is 24.0 Å². The summed E-state index contributed by atoms with van der Waals surface area (Å²) in [4.78, 5) is 30.9. The van der Waals surface area contributed by atoms with Gasteiger partial charge in [-0.05, 0) is 37.5 Å². The van der Waals surface area contributed by atoms with Gasteiger partial charge >= 0.3 is 6.09 Å². The van der Waals surface area contributed by atoms with E-state index in [4.69, 9.17) is 14.2 Å². The topological polar surface area (TPSA) is 71.6 Å². The average Bonchev–Trinajstić information content (AvgIpc) is 3.22. The Balaban J connectivity index is 1.29. The summed E-state index contributed by atoms with van der Waals surface area (Å²) in [6, 6.07) is 6.05. The lowest BCUT2D eigenvalue weighted by Gasteiger charge is -2.43. The van der Waals surface area contributed by atoms with Crippen molar-refractivity contribution in [1.29, 1.82) is 0 Å². The second-order valence-corrected chi connectivity index (χ2v) is 7.72. The van der Waals surface area contributed by atoms with Gasteiger partial charge in [0.2, 0.25) is 12.7 Å². The Kier molecular flexibility index (Phi) is 6.08. The van der Waals surface area contributed by atoms with Crippen LogP contribution >= 0.6 is 0 Å². The number of likely N-dealkylation sites (tertiary alicyclic amines) is 1. The Bertz CT molecular complexity index is 748. The lowest BCUT2D eigenvalue weighted by Crippen LogP contribution is -2.56. The molecular formula is C21H29N3O5. The van der Waals surface area contributed by atoms with E-state index < -0.39 is 0 Å². The van der Waals surface area contributed by atoms with E-state index >= 15 is 0 Å². The van der Waals surface area contributed by atoms with Gasteiger partial charge in [-0.15, -0.1) is 0 Å². The fraction of sp³-hybridized carbons (Fsp3) is 0.619. The SMILES string of the molecule is CCOC(=O)N1CCN(C2CCCN(C(=O)Cc3ccc4c(c3)OCO4)C2)CC1. The van der Waals surface area contributed by atoms with Gasteiger partial charge in [0.05, 0.1) is 13.0 Å². The summed E-state index contributed by atoms with van der Waals surface area (Å²) in [5.74, 6) is 1.60. The van der Waals surface area contributed by atoms with Crippen molar-refractivity contribution in [2.45, 2.75) is 32.2 Å². The molecule has 1 unspecified atom stereocenters. The predicted octanol–water partition coefficient (Wildman–Crippen LogP) is 1.72. The van der Waals surface area contributed by atoms with Crippen LogP contribution in [-0.4, -0.2) is 85.4 Å². The van der Waals surface area contributed by atoms with E-state index in [0.717, 1.165) is 50.3 Å². The molecule has 0 aromatic heterocycles. The lowest BCUT2D eigenvalue weighted by molar-refractivity contribution is -0.132. The summed E-state index contributed by atoms with van der Waals surface area (Å²) in [6.07, 6.45) is 2.25. The summed E-state index contributed by atoms with van der Waals surface area (Å²) in [5.41, 5.74) is 0.949. The number of benzene rings is 1. The van der Waals surface area contributed by atoms with Crippen molar-refractivity contribution in [2.24, 2.45) is 0 Å². The van der Waals surface area contributed by atoms with Crippen LogP contribution in [-0.2, 0) is 16.0 Å². The highest BCUT2D eigenvalue weighted by Gasteiger charge is 2.31. The third kappa shape index (κ3) is 4.58. The van der Waals surface area contributed by atoms with E-state index in [1.165, 1.54) is 0 Å². The minimum absolute atomic E-state index is 0.152. The quantitative estimate of drug-likeness (QED) is 0.762. The van der Waals surface area contributed by atoms with Crippen LogP contribution in [0.25, 0.3) is 0 Å². The number of amides is 2. The van der Waals surface area contributed by atoms with E-state index in [-0.39, 0.29) is 18.8 Å². The lowest BCUT2D eigenvalue weighted by atomic mass is 10.0. The van der Waals surface area contributed by atoms with Crippen LogP contribution < -0.4 is 9.47 Å². The highest BCUT2D eigenvalue weighted by molar-refractivity contribution is 5.79. The first-order valence-corrected chi connectivity index (χ1v) is 10.5. The molecule has 0 saturated carbocycles. The van der Waals surface area contributed by atoms with Gasteiger partial charge in [-0.3, -0.25) is 9.69 Å². The van der Waals surface area contributed by atoms with Crippen LogP contribution in [0.4, 0.5) is 4.79 Å². The standard InChI is InChI=1S/C21H29N3O5/c1-2-27-21(26)23-10-8-22(9-11-23)17-4-3-7-24(14-17)20(25)13-16-5-6-18-19(12-16)29-15-28-18/h5-6,12,17H,2-4,7-11,13-15H2,1H3. The second-order valence-electron chi connectivity index (χ2n) is 7.72. The van der Waals surface area contributed by atoms with E-state index in [1.54, 1.807) is 4.90 Å². The van der Waals surface area contributed by atoms with Crippen molar-refractivity contribution in [2.75, 3.05) is 52.7 Å². The molecule has 2 fully saturated rings. The number of piperazine rings is 1. The maximum Gasteiger partial charge on any atom is 0.409 e. The Morgan fingerprint density at radius 3 is 2.66 bits per heavy atom. The van der Waals surface area contributed by atoms with E-state index in [1.807, 2.05) is 30.0 Å². The number of carbonyl (C=O) groups excluding carboxylic acids is 2. The summed E-state index contributed by atoms with van der Waals surface area (Å²) in [6.45, 7) is 7.05. The van der Waals surface area contributed by atoms with E-state index in [2.05, 4.69) is 4.90 Å². The molecule has 0 bridgehead atoms. The first kappa shape index (κ1) is 19.8. The summed E-state index contributed by atoms with van der Waals surface area (Å²) < 4.78 is 15.8. The molecule has 8 nitrogen and oxygen atoms in total. The molecule has 0 aliphatic carbocycles. The number of nitrogens with zero attached hydrogens (tertiary/aromatic N) is 3. The molecule has 8 heteroatoms. The molecule has 3 heterocycles. The van der Waals surface area contributed by atoms with Gasteiger partial charge in [0, 0.05) is 45.3 Å². The molecule has 0 radical (unpaired) electrons. The average molecular weight is 403 g/mol. The van der Waals surface area contributed by atoms with Crippen LogP contribution in [0.2, 0.25) is 0 Å². The molecule has 0 spiro atoms. The molecule has 1 aromatic carbocycles. The molecule has 0 N–H and O–H groups in total. The van der Waals surface area contributed by atoms with Crippen molar-refractivity contribution in [3.63, 3.8) is 0 Å². The zero-order chi connectivity index (χ0) is 20.2. The molecule has 2 saturated heterocycles. The van der Waals surface area contributed by atoms with E-state index in [9.17, 15) is 9.59 Å². The molecule has 158 valence electrons. The third-order valence-electron chi connectivity index (χ3n) is 5.90. The molecule has 3 aliphatic rings. The van der Waals surface area contributed by atoms with Crippen molar-refractivity contribution in [3.05, 3.63) is 23.8 Å². The maximum atomic E-state index is 12.9. The summed E-state index contributed by atoms with van der Waals surface area (Å²) >= 11 is 0. The van der Waals surface area contributed by atoms with Crippen molar-refractivity contribution in [3.8, 4) is 11.5 Å². The van der Waals surface area contributed by atoms with E-state index in [0.29, 0.717) is 37.9 Å². The minimum atomic E-state index is -0.226. The molecule has 29 heavy (non-hydrogen) atoms. The third-order valence-corrected chi connectivity index (χ3v) is 5.90. The molecule has 1 aromatic rings. The largest absolute Gasteiger partial charge is 0.454 e. The molecule has 4 rings (SSSR count). The van der Waals surface area contributed by atoms with Crippen molar-refractivity contribution in [1.82, 2.24) is 14.7 Å². The second kappa shape index (κ2) is 8.90. The smallest absolute Gasteiger partial charge is 0.409 e. The van der Waals surface area contributed by atoms with Crippen LogP contribution in [0, 0.1) is 0 Å². The predicted molar refractivity (Wildman–Crippen MR) is 106 cm³/mol. The maximum absolute atomic E-state index is 12.9. The van der Waals surface area contributed by atoms with Gasteiger partial charge in [-0.1, -0.05) is 6.07 Å². The molecule has 1 atom stereocenters. The van der Waals surface area contributed by atoms with Gasteiger partial charge in [-0.2, -0.15) is 0 Å². The minimum Gasteiger partial charge on any atom is -0.454 e. The van der Waals surface area contributed by atoms with Crippen molar-refractivity contribution < 1.29 is 23.8 Å². The number of ether oxygens (including phenoxy) is 3. The zero-order valence-corrected chi connectivity index (χ0v) is 17.0. The summed E-state index contributed by atoms with van der Waals surface area (Å²) in [7, 11) is 0. The zero-order valence-electron chi connectivity index (χ0n) is 17.0. The first-order valence-electron chi connectivity index (χ1n) is 10.5. The van der Waals surface area contributed by atoms with Gasteiger partial charge in [0.25, 0.3) is 0 Å². The number of fused-ring (bicyclic) bond motifs is 1. The Labute approximate surface area is 171 Å². The summed E-state index contributed by atoms with van der Waals surface area (Å²) in [5, 5.41) is 0. The number of hydrogen-bond acceptors (Lipinski definition) is 6. The van der Waals surface area contributed by atoms with Crippen LogP contribution in [0.15, 0.2) is 18.2 Å². The van der Waals surface area contributed by atoms with Gasteiger partial charge in [-0.25, -0.2) is 4.79 Å². The molecule has 2 amide bonds. The number of piperidine rings is 1. The molecule has 3 aliphatic heterocycles. The Hall–Kier alpha value is -2.48. The first-order chi connectivity index (χ1) is 14.1. The van der Waals surface area contributed by atoms with Crippen LogP contribution in [0.3, 0.4) is 0 Å². The van der Waals surface area contributed by atoms with Gasteiger partial charge in [0.1, 0.15) is 0 Å². The molecular weight excluding hydrogens is 374 g/mol. The van der Waals surface area contributed by atoms with Crippen LogP contribution in [0.1, 0.15) is 25.3 Å². The number of rotatable bonds is 4. The Morgan fingerprint density at radius 1 is 1.07 bits per heavy atom. The monoisotopic (exact) mass is 403 g/mol. The van der Waals surface area contributed by atoms with Crippen LogP contribution in [0.5, 0.6) is 11.5 Å². The van der Waals surface area contributed by atoms with Crippen molar-refractivity contribution >= 4 is 12.0 Å². The van der Waals surface area contributed by atoms with Gasteiger partial charge in [0.15, 0.2) is 11.5 Å². The fourth-order valence-corrected chi connectivity index (χ4v) is 4.30. The normalized spacial score (nSPS) is 21.9. The number of carbonyl (C=O) groups is 2. The Morgan fingerprint density at radius 2 is 1.86 bits per heavy atom. The fourth-order valence-electron chi connectivity index (χ4n) is 4.30. The highest BCUT2D eigenvalue weighted by Crippen LogP contribution is 2.32. The number of hydrogen-bond donors (Lipinski definition) is 0. The highest BCUT2D eigenvalue weighted by atomic mass is 16.7.